The molecule has 9 nitrogen and oxygen atoms in total. The standard InChI is InChI=1S/C25H24Cl2FN3O6/c26-17-8-5-15(12-18(17)27)24(35)30-9-10-31(25(36)20-2-1-11-37-20)23(30)22(34)29-19(13-21(32)33)14-3-6-16(28)7-4-14/h3-8,12,19-20,23H,1-2,9-11,13H2,(H,29,34)(H,32,33). The first-order valence-electron chi connectivity index (χ1n) is 11.6. The smallest absolute Gasteiger partial charge is 0.305 e. The van der Waals surface area contributed by atoms with Gasteiger partial charge in [-0.05, 0) is 48.7 Å². The number of aliphatic carboxylic acids is 1. The largest absolute Gasteiger partial charge is 0.481 e. The van der Waals surface area contributed by atoms with Crippen molar-refractivity contribution in [3.63, 3.8) is 0 Å². The van der Waals surface area contributed by atoms with E-state index in [4.69, 9.17) is 27.9 Å². The van der Waals surface area contributed by atoms with E-state index >= 15 is 0 Å². The lowest BCUT2D eigenvalue weighted by molar-refractivity contribution is -0.148. The number of nitrogens with one attached hydrogen (secondary N) is 1. The number of rotatable bonds is 7. The molecule has 2 aromatic rings. The Labute approximate surface area is 222 Å². The molecule has 37 heavy (non-hydrogen) atoms. The van der Waals surface area contributed by atoms with Gasteiger partial charge in [0.05, 0.1) is 22.5 Å². The van der Waals surface area contributed by atoms with Gasteiger partial charge < -0.3 is 25.0 Å². The van der Waals surface area contributed by atoms with Crippen LogP contribution in [-0.2, 0) is 19.1 Å². The lowest BCUT2D eigenvalue weighted by Crippen LogP contribution is -2.56. The molecule has 0 radical (unpaired) electrons. The molecule has 2 heterocycles. The first-order valence-corrected chi connectivity index (χ1v) is 12.4. The molecule has 3 atom stereocenters. The Balaban J connectivity index is 1.65. The average Bonchev–Trinajstić information content (AvgIpc) is 3.55. The van der Waals surface area contributed by atoms with E-state index in [1.807, 2.05) is 0 Å². The van der Waals surface area contributed by atoms with E-state index in [2.05, 4.69) is 5.32 Å². The van der Waals surface area contributed by atoms with Gasteiger partial charge in [0.25, 0.3) is 17.7 Å². The van der Waals surface area contributed by atoms with Crippen LogP contribution in [0, 0.1) is 5.82 Å². The Morgan fingerprint density at radius 1 is 1.05 bits per heavy atom. The van der Waals surface area contributed by atoms with Crippen LogP contribution in [0.15, 0.2) is 42.5 Å². The van der Waals surface area contributed by atoms with Gasteiger partial charge in [-0.2, -0.15) is 0 Å². The summed E-state index contributed by atoms with van der Waals surface area (Å²) in [6, 6.07) is 8.29. The van der Waals surface area contributed by atoms with Crippen LogP contribution in [0.4, 0.5) is 4.39 Å². The third-order valence-electron chi connectivity index (χ3n) is 6.29. The molecule has 2 fully saturated rings. The molecule has 2 aromatic carbocycles. The molecule has 12 heteroatoms. The molecule has 0 spiro atoms. The van der Waals surface area contributed by atoms with Gasteiger partial charge in [0.15, 0.2) is 6.17 Å². The number of carboxylic acid groups (broad SMARTS) is 1. The van der Waals surface area contributed by atoms with Crippen molar-refractivity contribution in [2.24, 2.45) is 0 Å². The summed E-state index contributed by atoms with van der Waals surface area (Å²) in [5.41, 5.74) is 0.522. The molecule has 2 aliphatic rings. The molecule has 0 aromatic heterocycles. The maximum Gasteiger partial charge on any atom is 0.305 e. The third-order valence-corrected chi connectivity index (χ3v) is 7.03. The summed E-state index contributed by atoms with van der Waals surface area (Å²) >= 11 is 12.0. The lowest BCUT2D eigenvalue weighted by Gasteiger charge is -2.32. The minimum atomic E-state index is -1.37. The van der Waals surface area contributed by atoms with Gasteiger partial charge in [-0.15, -0.1) is 0 Å². The van der Waals surface area contributed by atoms with E-state index in [1.54, 1.807) is 0 Å². The Bertz CT molecular complexity index is 1210. The molecule has 196 valence electrons. The maximum atomic E-state index is 13.6. The summed E-state index contributed by atoms with van der Waals surface area (Å²) in [5, 5.41) is 12.4. The monoisotopic (exact) mass is 551 g/mol. The van der Waals surface area contributed by atoms with Crippen molar-refractivity contribution >= 4 is 46.9 Å². The Hall–Kier alpha value is -3.21. The van der Waals surface area contributed by atoms with Crippen LogP contribution in [-0.4, -0.2) is 70.6 Å². The zero-order valence-electron chi connectivity index (χ0n) is 19.5. The number of amides is 3. The Kier molecular flexibility index (Phi) is 8.31. The molecule has 2 saturated heterocycles. The predicted molar refractivity (Wildman–Crippen MR) is 132 cm³/mol. The van der Waals surface area contributed by atoms with E-state index in [0.717, 1.165) is 12.1 Å². The van der Waals surface area contributed by atoms with Crippen molar-refractivity contribution in [1.29, 1.82) is 0 Å². The van der Waals surface area contributed by atoms with Crippen LogP contribution in [0.1, 0.15) is 41.2 Å². The second-order valence-electron chi connectivity index (χ2n) is 8.74. The van der Waals surface area contributed by atoms with Crippen molar-refractivity contribution in [3.05, 3.63) is 69.5 Å². The van der Waals surface area contributed by atoms with E-state index in [0.29, 0.717) is 25.0 Å². The molecule has 0 bridgehead atoms. The van der Waals surface area contributed by atoms with Crippen LogP contribution in [0.5, 0.6) is 0 Å². The summed E-state index contributed by atoms with van der Waals surface area (Å²) in [6.07, 6.45) is -1.41. The summed E-state index contributed by atoms with van der Waals surface area (Å²) in [5.74, 6) is -3.46. The maximum absolute atomic E-state index is 13.6. The highest BCUT2D eigenvalue weighted by atomic mass is 35.5. The van der Waals surface area contributed by atoms with Crippen LogP contribution >= 0.6 is 23.2 Å². The molecule has 0 aliphatic carbocycles. The zero-order chi connectivity index (χ0) is 26.7. The molecule has 2 N–H and O–H groups in total. The molecule has 3 amide bonds. The number of nitrogens with zero attached hydrogens (tertiary/aromatic N) is 2. The minimum Gasteiger partial charge on any atom is -0.481 e. The van der Waals surface area contributed by atoms with Gasteiger partial charge in [-0.25, -0.2) is 4.39 Å². The highest BCUT2D eigenvalue weighted by Crippen LogP contribution is 2.27. The van der Waals surface area contributed by atoms with Crippen molar-refractivity contribution in [1.82, 2.24) is 15.1 Å². The van der Waals surface area contributed by atoms with Gasteiger partial charge in [-0.3, -0.25) is 19.2 Å². The molecule has 3 unspecified atom stereocenters. The number of ether oxygens (including phenoxy) is 1. The van der Waals surface area contributed by atoms with E-state index < -0.39 is 54.2 Å². The molecule has 2 aliphatic heterocycles. The summed E-state index contributed by atoms with van der Waals surface area (Å²) in [4.78, 5) is 54.3. The van der Waals surface area contributed by atoms with Crippen LogP contribution in [0.3, 0.4) is 0 Å². The Morgan fingerprint density at radius 3 is 2.38 bits per heavy atom. The van der Waals surface area contributed by atoms with Gasteiger partial charge >= 0.3 is 5.97 Å². The highest BCUT2D eigenvalue weighted by Gasteiger charge is 2.45. The molecular formula is C25H24Cl2FN3O6. The average molecular weight is 552 g/mol. The fraction of sp³-hybridized carbons (Fsp3) is 0.360. The highest BCUT2D eigenvalue weighted by molar-refractivity contribution is 6.42. The van der Waals surface area contributed by atoms with Crippen molar-refractivity contribution in [2.75, 3.05) is 19.7 Å². The quantitative estimate of drug-likeness (QED) is 0.545. The second-order valence-corrected chi connectivity index (χ2v) is 9.56. The van der Waals surface area contributed by atoms with Crippen molar-refractivity contribution in [3.8, 4) is 0 Å². The number of hydrogen-bond donors (Lipinski definition) is 2. The predicted octanol–water partition coefficient (Wildman–Crippen LogP) is 3.25. The van der Waals surface area contributed by atoms with E-state index in [9.17, 15) is 28.7 Å². The van der Waals surface area contributed by atoms with Gasteiger partial charge in [-0.1, -0.05) is 35.3 Å². The minimum absolute atomic E-state index is 0.0514. The van der Waals surface area contributed by atoms with Crippen LogP contribution in [0.25, 0.3) is 0 Å². The SMILES string of the molecule is O=C(O)CC(NC(=O)C1N(C(=O)c2ccc(Cl)c(Cl)c2)CCN1C(=O)C1CCCO1)c1ccc(F)cc1. The van der Waals surface area contributed by atoms with Crippen LogP contribution in [0.2, 0.25) is 10.0 Å². The zero-order valence-corrected chi connectivity index (χ0v) is 21.0. The molecular weight excluding hydrogens is 528 g/mol. The number of benzene rings is 2. The summed E-state index contributed by atoms with van der Waals surface area (Å²) in [6.45, 7) is 0.540. The lowest BCUT2D eigenvalue weighted by atomic mass is 10.0. The fourth-order valence-corrected chi connectivity index (χ4v) is 4.77. The van der Waals surface area contributed by atoms with Gasteiger partial charge in [0, 0.05) is 25.3 Å². The number of carbonyl (C=O) groups excluding carboxylic acids is 3. The first kappa shape index (κ1) is 26.8. The number of carbonyl (C=O) groups is 4. The van der Waals surface area contributed by atoms with Crippen LogP contribution < -0.4 is 5.32 Å². The van der Waals surface area contributed by atoms with E-state index in [-0.39, 0.29) is 28.7 Å². The molecule has 0 saturated carbocycles. The first-order chi connectivity index (χ1) is 17.7. The third kappa shape index (κ3) is 6.03. The fourth-order valence-electron chi connectivity index (χ4n) is 4.48. The molecule has 4 rings (SSSR count). The normalized spacial score (nSPS) is 20.1. The second kappa shape index (κ2) is 11.5. The van der Waals surface area contributed by atoms with Crippen molar-refractivity contribution in [2.45, 2.75) is 37.6 Å². The summed E-state index contributed by atoms with van der Waals surface area (Å²) < 4.78 is 18.9. The van der Waals surface area contributed by atoms with Gasteiger partial charge in [0.1, 0.15) is 11.9 Å². The topological polar surface area (TPSA) is 116 Å². The number of halogens is 3. The number of carboxylic acids is 1. The Morgan fingerprint density at radius 2 is 1.76 bits per heavy atom. The van der Waals surface area contributed by atoms with E-state index in [1.165, 1.54) is 40.1 Å². The van der Waals surface area contributed by atoms with Crippen molar-refractivity contribution < 1.29 is 33.4 Å². The summed E-state index contributed by atoms with van der Waals surface area (Å²) in [7, 11) is 0. The number of hydrogen-bond acceptors (Lipinski definition) is 5. The van der Waals surface area contributed by atoms with Gasteiger partial charge in [0.2, 0.25) is 0 Å².